The lowest BCUT2D eigenvalue weighted by atomic mass is 10.2. The Morgan fingerprint density at radius 2 is 2.08 bits per heavy atom. The number of nitrogens with zero attached hydrogens (tertiary/aromatic N) is 4. The normalized spacial score (nSPS) is 11.0. The number of rotatable bonds is 6. The van der Waals surface area contributed by atoms with E-state index in [0.717, 1.165) is 11.0 Å². The van der Waals surface area contributed by atoms with Crippen molar-refractivity contribution in [3.05, 3.63) is 6.33 Å². The minimum absolute atomic E-state index is 0.196. The molecule has 0 saturated carbocycles. The number of fused-ring (bicyclic) bond motifs is 3. The number of amides is 1. The van der Waals surface area contributed by atoms with E-state index in [9.17, 15) is 9.59 Å². The van der Waals surface area contributed by atoms with E-state index in [1.165, 1.54) is 18.4 Å². The Bertz CT molecular complexity index is 948. The van der Waals surface area contributed by atoms with Crippen molar-refractivity contribution in [1.29, 1.82) is 0 Å². The van der Waals surface area contributed by atoms with Gasteiger partial charge in [0.15, 0.2) is 10.9 Å². The third-order valence-electron chi connectivity index (χ3n) is 3.70. The van der Waals surface area contributed by atoms with Crippen LogP contribution >= 0.6 is 11.3 Å². The Morgan fingerprint density at radius 3 is 2.80 bits per heavy atom. The van der Waals surface area contributed by atoms with Gasteiger partial charge in [0, 0.05) is 26.9 Å². The lowest BCUT2D eigenvalue weighted by molar-refractivity contribution is -0.140. The molecule has 0 atom stereocenters. The van der Waals surface area contributed by atoms with Crippen LogP contribution in [0.3, 0.4) is 0 Å². The fourth-order valence-corrected chi connectivity index (χ4v) is 3.35. The van der Waals surface area contributed by atoms with Crippen molar-refractivity contribution < 1.29 is 14.3 Å². The summed E-state index contributed by atoms with van der Waals surface area (Å²) in [4.78, 5) is 37.2. The first-order chi connectivity index (χ1) is 12.0. The van der Waals surface area contributed by atoms with Crippen molar-refractivity contribution in [2.45, 2.75) is 19.3 Å². The molecule has 0 aliphatic rings. The number of pyridine rings is 1. The quantitative estimate of drug-likeness (QED) is 0.644. The molecular formula is C15H18N6O3S. The molecule has 3 heterocycles. The molecule has 1 amide bonds. The number of aromatic nitrogens is 4. The number of nitrogens with one attached hydrogen (secondary N) is 2. The second kappa shape index (κ2) is 7.01. The van der Waals surface area contributed by atoms with Crippen LogP contribution in [0, 0.1) is 0 Å². The fraction of sp³-hybridized carbons (Fsp3) is 0.400. The fourth-order valence-electron chi connectivity index (χ4n) is 2.48. The number of aryl methyl sites for hydroxylation is 1. The lowest BCUT2D eigenvalue weighted by Gasteiger charge is -2.01. The molecule has 3 rings (SSSR count). The van der Waals surface area contributed by atoms with E-state index in [0.29, 0.717) is 27.7 Å². The summed E-state index contributed by atoms with van der Waals surface area (Å²) in [6.45, 7) is 0. The predicted octanol–water partition coefficient (Wildman–Crippen LogP) is 1.90. The molecule has 0 aromatic carbocycles. The molecule has 25 heavy (non-hydrogen) atoms. The van der Waals surface area contributed by atoms with Gasteiger partial charge in [0.05, 0.1) is 13.4 Å². The highest BCUT2D eigenvalue weighted by Crippen LogP contribution is 2.32. The lowest BCUT2D eigenvalue weighted by Crippen LogP contribution is -2.12. The SMILES string of the molecule is CNc1nc2sc(NC(=O)CCCC(=O)OC)nc2c2c1ncn2C. The molecule has 0 spiro atoms. The van der Waals surface area contributed by atoms with Gasteiger partial charge in [0.25, 0.3) is 0 Å². The predicted molar refractivity (Wildman–Crippen MR) is 95.7 cm³/mol. The van der Waals surface area contributed by atoms with Gasteiger partial charge >= 0.3 is 5.97 Å². The van der Waals surface area contributed by atoms with Crippen molar-refractivity contribution in [2.75, 3.05) is 24.8 Å². The number of esters is 1. The largest absolute Gasteiger partial charge is 0.469 e. The Labute approximate surface area is 147 Å². The second-order valence-corrected chi connectivity index (χ2v) is 6.39. The summed E-state index contributed by atoms with van der Waals surface area (Å²) in [6.07, 6.45) is 2.57. The van der Waals surface area contributed by atoms with Crippen LogP contribution < -0.4 is 10.6 Å². The Kier molecular flexibility index (Phi) is 4.79. The summed E-state index contributed by atoms with van der Waals surface area (Å²) in [7, 11) is 5.00. The number of carbonyl (C=O) groups is 2. The summed E-state index contributed by atoms with van der Waals surface area (Å²) in [5.74, 6) is 0.149. The summed E-state index contributed by atoms with van der Waals surface area (Å²) in [5, 5.41) is 6.27. The molecule has 2 N–H and O–H groups in total. The smallest absolute Gasteiger partial charge is 0.305 e. The maximum atomic E-state index is 12.0. The number of methoxy groups -OCH3 is 1. The van der Waals surface area contributed by atoms with Gasteiger partial charge in [-0.15, -0.1) is 0 Å². The molecule has 3 aromatic rings. The van der Waals surface area contributed by atoms with Gasteiger partial charge in [-0.2, -0.15) is 0 Å². The van der Waals surface area contributed by atoms with E-state index in [2.05, 4.69) is 30.3 Å². The van der Waals surface area contributed by atoms with Gasteiger partial charge in [0.2, 0.25) is 5.91 Å². The number of hydrogen-bond donors (Lipinski definition) is 2. The van der Waals surface area contributed by atoms with Crippen molar-refractivity contribution in [3.8, 4) is 0 Å². The average molecular weight is 362 g/mol. The Balaban J connectivity index is 1.81. The molecule has 9 nitrogen and oxygen atoms in total. The van der Waals surface area contributed by atoms with Gasteiger partial charge in [-0.05, 0) is 6.42 Å². The minimum atomic E-state index is -0.324. The second-order valence-electron chi connectivity index (χ2n) is 5.41. The van der Waals surface area contributed by atoms with Gasteiger partial charge in [-0.3, -0.25) is 9.59 Å². The topological polar surface area (TPSA) is 111 Å². The summed E-state index contributed by atoms with van der Waals surface area (Å²) < 4.78 is 6.43. The summed E-state index contributed by atoms with van der Waals surface area (Å²) >= 11 is 1.30. The van der Waals surface area contributed by atoms with E-state index in [-0.39, 0.29) is 24.7 Å². The highest BCUT2D eigenvalue weighted by Gasteiger charge is 2.17. The number of hydrogen-bond acceptors (Lipinski definition) is 8. The number of carbonyl (C=O) groups excluding carboxylic acids is 2. The maximum absolute atomic E-state index is 12.0. The molecule has 132 valence electrons. The molecule has 0 aliphatic carbocycles. The van der Waals surface area contributed by atoms with E-state index < -0.39 is 0 Å². The molecule has 0 fully saturated rings. The first-order valence-electron chi connectivity index (χ1n) is 7.69. The highest BCUT2D eigenvalue weighted by molar-refractivity contribution is 7.22. The third-order valence-corrected chi connectivity index (χ3v) is 4.57. The number of imidazole rings is 1. The van der Waals surface area contributed by atoms with Crippen molar-refractivity contribution in [3.63, 3.8) is 0 Å². The monoisotopic (exact) mass is 362 g/mol. The minimum Gasteiger partial charge on any atom is -0.469 e. The molecular weight excluding hydrogens is 344 g/mol. The number of anilines is 2. The zero-order valence-corrected chi connectivity index (χ0v) is 14.9. The molecule has 0 unspecified atom stereocenters. The van der Waals surface area contributed by atoms with Crippen LogP contribution in [0.2, 0.25) is 0 Å². The van der Waals surface area contributed by atoms with Crippen LogP contribution in [-0.4, -0.2) is 45.6 Å². The Hall–Kier alpha value is -2.75. The molecule has 3 aromatic heterocycles. The van der Waals surface area contributed by atoms with E-state index in [1.54, 1.807) is 13.4 Å². The van der Waals surface area contributed by atoms with Crippen molar-refractivity contribution in [1.82, 2.24) is 19.5 Å². The third kappa shape index (κ3) is 3.38. The van der Waals surface area contributed by atoms with E-state index in [4.69, 9.17) is 0 Å². The molecule has 0 bridgehead atoms. The average Bonchev–Trinajstić information content (AvgIpc) is 3.16. The summed E-state index contributed by atoms with van der Waals surface area (Å²) in [6, 6.07) is 0. The Morgan fingerprint density at radius 1 is 1.28 bits per heavy atom. The van der Waals surface area contributed by atoms with Crippen LogP contribution in [-0.2, 0) is 21.4 Å². The first-order valence-corrected chi connectivity index (χ1v) is 8.51. The van der Waals surface area contributed by atoms with Crippen LogP contribution in [0.25, 0.3) is 21.4 Å². The highest BCUT2D eigenvalue weighted by atomic mass is 32.1. The molecule has 0 aliphatic heterocycles. The van der Waals surface area contributed by atoms with Gasteiger partial charge < -0.3 is 19.9 Å². The van der Waals surface area contributed by atoms with Crippen LogP contribution in [0.1, 0.15) is 19.3 Å². The van der Waals surface area contributed by atoms with E-state index >= 15 is 0 Å². The molecule has 10 heteroatoms. The van der Waals surface area contributed by atoms with Gasteiger partial charge in [-0.25, -0.2) is 15.0 Å². The maximum Gasteiger partial charge on any atom is 0.305 e. The van der Waals surface area contributed by atoms with Crippen LogP contribution in [0.4, 0.5) is 10.9 Å². The van der Waals surface area contributed by atoms with Gasteiger partial charge in [-0.1, -0.05) is 11.3 Å². The summed E-state index contributed by atoms with van der Waals surface area (Å²) in [5.41, 5.74) is 2.29. The van der Waals surface area contributed by atoms with Crippen molar-refractivity contribution >= 4 is 55.5 Å². The van der Waals surface area contributed by atoms with Crippen LogP contribution in [0.15, 0.2) is 6.33 Å². The van der Waals surface area contributed by atoms with Crippen molar-refractivity contribution in [2.24, 2.45) is 7.05 Å². The molecule has 0 radical (unpaired) electrons. The standard InChI is InChI=1S/C15H18N6O3S/c1-16-13-10-12(21(2)7-17-10)11-14(20-13)25-15(19-11)18-8(22)5-4-6-9(23)24-3/h7H,4-6H2,1-3H3,(H,16,20)(H,18,19,22). The van der Waals surface area contributed by atoms with Gasteiger partial charge in [0.1, 0.15) is 21.4 Å². The zero-order valence-electron chi connectivity index (χ0n) is 14.1. The molecule has 0 saturated heterocycles. The zero-order chi connectivity index (χ0) is 18.0. The number of thiazole rings is 1. The van der Waals surface area contributed by atoms with Crippen LogP contribution in [0.5, 0.6) is 0 Å². The first kappa shape index (κ1) is 17.1. The number of ether oxygens (including phenoxy) is 1. The van der Waals surface area contributed by atoms with E-state index in [1.807, 2.05) is 11.6 Å².